The summed E-state index contributed by atoms with van der Waals surface area (Å²) in [5, 5.41) is 12.4. The minimum Gasteiger partial charge on any atom is -0.394 e. The molecular weight excluding hydrogens is 255 g/mol. The first-order chi connectivity index (χ1) is 6.11. The van der Waals surface area contributed by atoms with Gasteiger partial charge in [-0.1, -0.05) is 13.8 Å². The van der Waals surface area contributed by atoms with E-state index in [0.717, 1.165) is 0 Å². The monoisotopic (exact) mass is 276 g/mol. The maximum atomic E-state index is 9.11. The second kappa shape index (κ2) is 6.54. The van der Waals surface area contributed by atoms with Crippen LogP contribution < -0.4 is 5.32 Å². The van der Waals surface area contributed by atoms with E-state index in [-0.39, 0.29) is 51.5 Å². The Balaban J connectivity index is 0.00000169. The molecule has 0 aliphatic carbocycles. The predicted molar refractivity (Wildman–Crippen MR) is 52.6 cm³/mol. The maximum absolute atomic E-state index is 9.11. The standard InChI is InChI=1S/C10H21NO2.Y/c1-6-7(2)10(11-4)8(3)13-9(6)5-12;/h6-12H,5H2,1-4H3;/t6-,7-,8-,9?,10?;/m0./s1. The van der Waals surface area contributed by atoms with E-state index in [1.807, 2.05) is 7.05 Å². The topological polar surface area (TPSA) is 41.5 Å². The van der Waals surface area contributed by atoms with Crippen LogP contribution in [0.2, 0.25) is 0 Å². The van der Waals surface area contributed by atoms with Crippen LogP contribution >= 0.6 is 0 Å². The molecule has 3 nitrogen and oxygen atoms in total. The van der Waals surface area contributed by atoms with Crippen molar-refractivity contribution in [3.63, 3.8) is 0 Å². The van der Waals surface area contributed by atoms with Gasteiger partial charge in [-0.15, -0.1) is 0 Å². The van der Waals surface area contributed by atoms with Gasteiger partial charge >= 0.3 is 0 Å². The van der Waals surface area contributed by atoms with Gasteiger partial charge in [0.05, 0.1) is 18.8 Å². The number of aliphatic hydroxyl groups excluding tert-OH is 1. The number of rotatable bonds is 2. The van der Waals surface area contributed by atoms with Gasteiger partial charge in [0, 0.05) is 38.8 Å². The fourth-order valence-electron chi connectivity index (χ4n) is 2.28. The van der Waals surface area contributed by atoms with Crippen LogP contribution in [0.4, 0.5) is 0 Å². The zero-order valence-corrected chi connectivity index (χ0v) is 12.4. The Kier molecular flexibility index (Phi) is 7.00. The van der Waals surface area contributed by atoms with Crippen molar-refractivity contribution in [1.82, 2.24) is 5.32 Å². The Morgan fingerprint density at radius 2 is 1.79 bits per heavy atom. The van der Waals surface area contributed by atoms with Gasteiger partial charge in [-0.2, -0.15) is 0 Å². The van der Waals surface area contributed by atoms with E-state index in [9.17, 15) is 0 Å². The summed E-state index contributed by atoms with van der Waals surface area (Å²) in [6, 6.07) is 0.401. The van der Waals surface area contributed by atoms with E-state index in [2.05, 4.69) is 26.1 Å². The van der Waals surface area contributed by atoms with Crippen molar-refractivity contribution in [2.24, 2.45) is 11.8 Å². The van der Waals surface area contributed by atoms with Crippen molar-refractivity contribution in [2.45, 2.75) is 39.0 Å². The second-order valence-electron chi connectivity index (χ2n) is 4.09. The van der Waals surface area contributed by atoms with Crippen LogP contribution in [0.3, 0.4) is 0 Å². The minimum absolute atomic E-state index is 0. The maximum Gasteiger partial charge on any atom is 0.0838 e. The average molecular weight is 276 g/mol. The molecule has 1 rings (SSSR count). The smallest absolute Gasteiger partial charge is 0.0838 e. The van der Waals surface area contributed by atoms with E-state index in [4.69, 9.17) is 9.84 Å². The normalized spacial score (nSPS) is 43.1. The van der Waals surface area contributed by atoms with Gasteiger partial charge < -0.3 is 15.2 Å². The molecule has 1 saturated heterocycles. The van der Waals surface area contributed by atoms with Crippen molar-refractivity contribution in [2.75, 3.05) is 13.7 Å². The first kappa shape index (κ1) is 15.0. The molecule has 2 N–H and O–H groups in total. The molecule has 0 aromatic rings. The number of ether oxygens (including phenoxy) is 1. The molecule has 0 bridgehead atoms. The van der Waals surface area contributed by atoms with Crippen LogP contribution in [-0.4, -0.2) is 37.0 Å². The zero-order valence-electron chi connectivity index (χ0n) is 9.53. The summed E-state index contributed by atoms with van der Waals surface area (Å²) in [5.41, 5.74) is 0. The van der Waals surface area contributed by atoms with Gasteiger partial charge in [-0.05, 0) is 25.8 Å². The Bertz CT molecular complexity index is 168. The Morgan fingerprint density at radius 3 is 2.21 bits per heavy atom. The van der Waals surface area contributed by atoms with Gasteiger partial charge in [0.1, 0.15) is 0 Å². The van der Waals surface area contributed by atoms with Crippen LogP contribution in [0.15, 0.2) is 0 Å². The predicted octanol–water partition coefficient (Wildman–Crippen LogP) is 0.624. The molecule has 0 amide bonds. The molecule has 4 heteroatoms. The summed E-state index contributed by atoms with van der Waals surface area (Å²) in [7, 11) is 1.97. The van der Waals surface area contributed by atoms with Crippen LogP contribution in [0.5, 0.6) is 0 Å². The molecule has 0 aromatic carbocycles. The average Bonchev–Trinajstić information content (AvgIpc) is 2.12. The van der Waals surface area contributed by atoms with Crippen molar-refractivity contribution in [3.05, 3.63) is 0 Å². The van der Waals surface area contributed by atoms with E-state index < -0.39 is 0 Å². The molecule has 5 atom stereocenters. The Labute approximate surface area is 112 Å². The van der Waals surface area contributed by atoms with Gasteiger partial charge in [-0.3, -0.25) is 0 Å². The second-order valence-corrected chi connectivity index (χ2v) is 4.09. The van der Waals surface area contributed by atoms with E-state index in [1.54, 1.807) is 0 Å². The number of aliphatic hydroxyl groups is 1. The molecule has 1 aliphatic heterocycles. The number of nitrogens with one attached hydrogen (secondary N) is 1. The molecule has 0 saturated carbocycles. The van der Waals surface area contributed by atoms with E-state index in [1.165, 1.54) is 0 Å². The molecule has 0 aromatic heterocycles. The third-order valence-corrected chi connectivity index (χ3v) is 3.39. The number of hydrogen-bond donors (Lipinski definition) is 2. The van der Waals surface area contributed by atoms with Gasteiger partial charge in [0.15, 0.2) is 0 Å². The first-order valence-corrected chi connectivity index (χ1v) is 5.05. The SMILES string of the molecule is CNC1[C@H](C)OC(CO)[C@@H](C)[C@@H]1C.[Y]. The fraction of sp³-hybridized carbons (Fsp3) is 1.00. The van der Waals surface area contributed by atoms with Crippen molar-refractivity contribution >= 4 is 0 Å². The molecule has 14 heavy (non-hydrogen) atoms. The van der Waals surface area contributed by atoms with E-state index >= 15 is 0 Å². The van der Waals surface area contributed by atoms with Crippen molar-refractivity contribution < 1.29 is 42.6 Å². The summed E-state index contributed by atoms with van der Waals surface area (Å²) in [6.07, 6.45) is 0.197. The summed E-state index contributed by atoms with van der Waals surface area (Å²) >= 11 is 0. The third-order valence-electron chi connectivity index (χ3n) is 3.39. The van der Waals surface area contributed by atoms with Gasteiger partial charge in [0.25, 0.3) is 0 Å². The molecule has 1 aliphatic rings. The summed E-state index contributed by atoms with van der Waals surface area (Å²) in [5.74, 6) is 0.963. The van der Waals surface area contributed by atoms with Crippen LogP contribution in [0, 0.1) is 11.8 Å². The quantitative estimate of drug-likeness (QED) is 0.777. The molecule has 0 spiro atoms. The molecule has 2 unspecified atom stereocenters. The summed E-state index contributed by atoms with van der Waals surface area (Å²) < 4.78 is 5.71. The molecule has 81 valence electrons. The summed E-state index contributed by atoms with van der Waals surface area (Å²) in [4.78, 5) is 0. The summed E-state index contributed by atoms with van der Waals surface area (Å²) in [6.45, 7) is 6.55. The number of hydrogen-bond acceptors (Lipinski definition) is 3. The molecular formula is C10H21NO2Y. The van der Waals surface area contributed by atoms with Crippen LogP contribution in [0.25, 0.3) is 0 Å². The third kappa shape index (κ3) is 2.99. The Morgan fingerprint density at radius 1 is 1.21 bits per heavy atom. The molecule has 1 fully saturated rings. The van der Waals surface area contributed by atoms with E-state index in [0.29, 0.717) is 17.9 Å². The fourth-order valence-corrected chi connectivity index (χ4v) is 2.28. The van der Waals surface area contributed by atoms with Crippen LogP contribution in [0.1, 0.15) is 20.8 Å². The largest absolute Gasteiger partial charge is 0.394 e. The van der Waals surface area contributed by atoms with Crippen molar-refractivity contribution in [3.8, 4) is 0 Å². The minimum atomic E-state index is 0. The molecule has 1 heterocycles. The number of likely N-dealkylation sites (N-methyl/N-ethyl adjacent to an activating group) is 1. The zero-order chi connectivity index (χ0) is 10.0. The van der Waals surface area contributed by atoms with Crippen molar-refractivity contribution in [1.29, 1.82) is 0 Å². The van der Waals surface area contributed by atoms with Crippen LogP contribution in [-0.2, 0) is 37.4 Å². The van der Waals surface area contributed by atoms with Gasteiger partial charge in [0.2, 0.25) is 0 Å². The van der Waals surface area contributed by atoms with Gasteiger partial charge in [-0.25, -0.2) is 0 Å². The Hall–Kier alpha value is 0.984. The molecule has 1 radical (unpaired) electrons. The first-order valence-electron chi connectivity index (χ1n) is 5.05.